The van der Waals surface area contributed by atoms with E-state index in [0.29, 0.717) is 45.2 Å². The van der Waals surface area contributed by atoms with Gasteiger partial charge in [-0.3, -0.25) is 0 Å². The van der Waals surface area contributed by atoms with Crippen LogP contribution in [0.3, 0.4) is 0 Å². The van der Waals surface area contributed by atoms with Crippen LogP contribution < -0.4 is 28.4 Å². The lowest BCUT2D eigenvalue weighted by molar-refractivity contribution is 0.234. The maximum atomic E-state index is 9.55. The number of hydrogen-bond donors (Lipinski definition) is 0. The highest BCUT2D eigenvalue weighted by atomic mass is 16.5. The van der Waals surface area contributed by atoms with Crippen LogP contribution in [0.5, 0.6) is 34.5 Å². The summed E-state index contributed by atoms with van der Waals surface area (Å²) in [5.74, 6) is 4.73. The van der Waals surface area contributed by atoms with Crippen molar-refractivity contribution in [1.29, 1.82) is 5.26 Å². The molecule has 0 N–H and O–H groups in total. The molecule has 7 heteroatoms. The zero-order valence-corrected chi connectivity index (χ0v) is 81.3. The van der Waals surface area contributed by atoms with Gasteiger partial charge in [-0.15, -0.1) is 0 Å². The molecule has 6 rings (SSSR count). The van der Waals surface area contributed by atoms with Crippen molar-refractivity contribution in [3.05, 3.63) is 176 Å². The fourth-order valence-corrected chi connectivity index (χ4v) is 16.8. The van der Waals surface area contributed by atoms with Crippen LogP contribution in [0.1, 0.15) is 488 Å². The molecule has 6 aromatic carbocycles. The van der Waals surface area contributed by atoms with E-state index < -0.39 is 0 Å². The van der Waals surface area contributed by atoms with Crippen LogP contribution in [0.2, 0.25) is 0 Å². The molecule has 0 spiro atoms. The van der Waals surface area contributed by atoms with Crippen molar-refractivity contribution in [3.63, 3.8) is 0 Å². The first kappa shape index (κ1) is 107. The Hall–Kier alpha value is -7.69. The molecule has 0 aliphatic rings. The van der Waals surface area contributed by atoms with E-state index in [-0.39, 0.29) is 0 Å². The molecule has 0 unspecified atom stereocenters. The van der Waals surface area contributed by atoms with E-state index in [1.807, 2.05) is 24.3 Å². The molecule has 6 aromatic rings. The lowest BCUT2D eigenvalue weighted by Crippen LogP contribution is -2.07. The maximum Gasteiger partial charge on any atom is 0.203 e. The molecule has 0 saturated carbocycles. The van der Waals surface area contributed by atoms with E-state index in [4.69, 9.17) is 28.4 Å². The van der Waals surface area contributed by atoms with E-state index in [1.54, 1.807) is 0 Å². The number of unbranched alkanes of at least 4 members (excludes halogenated alkanes) is 54. The summed E-state index contributed by atoms with van der Waals surface area (Å²) < 4.78 is 40.8. The second-order valence-electron chi connectivity index (χ2n) is 36.5. The Morgan fingerprint density at radius 2 is 0.317 bits per heavy atom. The lowest BCUT2D eigenvalue weighted by atomic mass is 10.0. The van der Waals surface area contributed by atoms with E-state index >= 15 is 0 Å². The minimum Gasteiger partial charge on any atom is -0.490 e. The SMILES string of the molecule is CCCCCCCCCCCCOc1cc(/C=C/c2ccc(/C=C/c3cc(/C=C/c4ccc(C#N)cc4)cc(/C=C/c4ccc(/C=C/c5cc(OCCCCCCCCCCCC)c(OCCCCCCCCCCCC)c(OCCCCCCCCCCCC)c5)cc4)c3)cc2)cc(OCCCCCCCCCCCC)c1OCCCCCCCCCCCC. The Bertz CT molecular complexity index is 3510. The van der Waals surface area contributed by atoms with Gasteiger partial charge in [0.15, 0.2) is 23.0 Å². The highest BCUT2D eigenvalue weighted by Crippen LogP contribution is 2.42. The summed E-state index contributed by atoms with van der Waals surface area (Å²) in [5.41, 5.74) is 11.6. The van der Waals surface area contributed by atoms with Crippen LogP contribution in [0.15, 0.2) is 115 Å². The van der Waals surface area contributed by atoms with Crippen molar-refractivity contribution in [3.8, 4) is 40.6 Å². The number of ether oxygens (including phenoxy) is 6. The van der Waals surface area contributed by atoms with E-state index in [9.17, 15) is 5.26 Å². The molecule has 126 heavy (non-hydrogen) atoms. The molecule has 696 valence electrons. The van der Waals surface area contributed by atoms with Crippen molar-refractivity contribution in [2.75, 3.05) is 39.6 Å². The van der Waals surface area contributed by atoms with Gasteiger partial charge >= 0.3 is 0 Å². The first-order chi connectivity index (χ1) is 62.3. The second kappa shape index (κ2) is 75.2. The van der Waals surface area contributed by atoms with Gasteiger partial charge in [-0.25, -0.2) is 0 Å². The first-order valence-electron chi connectivity index (χ1n) is 52.7. The van der Waals surface area contributed by atoms with Gasteiger partial charge in [0.1, 0.15) is 0 Å². The molecule has 0 bridgehead atoms. The van der Waals surface area contributed by atoms with Crippen LogP contribution in [0.25, 0.3) is 60.8 Å². The van der Waals surface area contributed by atoms with Gasteiger partial charge in [0.2, 0.25) is 11.5 Å². The molecule has 0 atom stereocenters. The van der Waals surface area contributed by atoms with Crippen molar-refractivity contribution >= 4 is 60.8 Å². The van der Waals surface area contributed by atoms with Gasteiger partial charge in [-0.1, -0.05) is 510 Å². The third-order valence-electron chi connectivity index (χ3n) is 24.9. The molecule has 0 heterocycles. The summed E-state index contributed by atoms with van der Waals surface area (Å²) in [4.78, 5) is 0. The smallest absolute Gasteiger partial charge is 0.203 e. The predicted octanol–water partition coefficient (Wildman–Crippen LogP) is 38.2. The van der Waals surface area contributed by atoms with Crippen molar-refractivity contribution < 1.29 is 28.4 Å². The number of benzene rings is 6. The number of rotatable bonds is 82. The molecule has 0 aliphatic carbocycles. The molecule has 0 aromatic heterocycles. The van der Waals surface area contributed by atoms with Crippen LogP contribution >= 0.6 is 0 Å². The van der Waals surface area contributed by atoms with Crippen LogP contribution in [0.4, 0.5) is 0 Å². The van der Waals surface area contributed by atoms with Gasteiger partial charge < -0.3 is 28.4 Å². The van der Waals surface area contributed by atoms with E-state index in [2.05, 4.69) is 199 Å². The zero-order chi connectivity index (χ0) is 88.9. The summed E-state index contributed by atoms with van der Waals surface area (Å²) in [7, 11) is 0. The van der Waals surface area contributed by atoms with Crippen LogP contribution in [-0.4, -0.2) is 39.6 Å². The highest BCUT2D eigenvalue weighted by Gasteiger charge is 2.19. The van der Waals surface area contributed by atoms with E-state index in [1.165, 1.54) is 347 Å². The molecule has 7 nitrogen and oxygen atoms in total. The topological polar surface area (TPSA) is 79.2 Å². The Morgan fingerprint density at radius 1 is 0.175 bits per heavy atom. The van der Waals surface area contributed by atoms with Crippen molar-refractivity contribution in [2.24, 2.45) is 0 Å². The molecule has 0 radical (unpaired) electrons. The number of nitrogens with zero attached hydrogens (tertiary/aromatic N) is 1. The summed E-state index contributed by atoms with van der Waals surface area (Å²) >= 11 is 0. The molecular weight excluding hydrogens is 1540 g/mol. The minimum absolute atomic E-state index is 0.654. The Kier molecular flexibility index (Phi) is 63.9. The monoisotopic (exact) mass is 1720 g/mol. The molecule has 0 saturated heterocycles. The van der Waals surface area contributed by atoms with Crippen LogP contribution in [-0.2, 0) is 0 Å². The Balaban J connectivity index is 1.20. The van der Waals surface area contributed by atoms with Gasteiger partial charge in [0.05, 0.1) is 51.3 Å². The Morgan fingerprint density at radius 3 is 0.492 bits per heavy atom. The van der Waals surface area contributed by atoms with Crippen molar-refractivity contribution in [1.82, 2.24) is 0 Å². The standard InChI is InChI=1S/C119H179NO6/c1-7-13-19-25-31-37-43-49-55-61-89-121-114-98-112(99-115(122-90-62-56-50-44-38-32-26-20-14-8-2)118(114)125-93-65-59-53-47-41-35-29-23-17-11-5)87-80-105-71-67-103(68-72-105)77-84-109-95-110(97-111(96-109)86-79-107-75-82-108(102-120)83-76-107)85-78-104-69-73-106(74-70-104)81-88-113-100-116(123-91-63-57-51-45-39-33-27-21-15-9-3)119(126-94-66-60-54-48-42-36-30-24-18-12-6)117(101-113)124-92-64-58-52-46-40-34-28-22-16-10-4/h67-88,95-101H,7-66,89-94H2,1-6H3/b84-77+,85-78+,86-79+,87-80+,88-81+. The summed E-state index contributed by atoms with van der Waals surface area (Å²) in [6.07, 6.45) is 99.3. The third-order valence-corrected chi connectivity index (χ3v) is 24.9. The highest BCUT2D eigenvalue weighted by molar-refractivity contribution is 5.80. The molecule has 0 amide bonds. The minimum atomic E-state index is 0.654. The second-order valence-corrected chi connectivity index (χ2v) is 36.5. The van der Waals surface area contributed by atoms with Crippen LogP contribution in [0, 0.1) is 11.3 Å². The van der Waals surface area contributed by atoms with E-state index in [0.717, 1.165) is 129 Å². The fraction of sp³-hybridized carbons (Fsp3) is 0.605. The molecule has 0 aliphatic heterocycles. The quantitative estimate of drug-likeness (QED) is 0.0278. The Labute approximate surface area is 773 Å². The predicted molar refractivity (Wildman–Crippen MR) is 552 cm³/mol. The number of nitriles is 1. The van der Waals surface area contributed by atoms with Gasteiger partial charge in [-0.2, -0.15) is 5.26 Å². The fourth-order valence-electron chi connectivity index (χ4n) is 16.8. The third kappa shape index (κ3) is 52.7. The van der Waals surface area contributed by atoms with Gasteiger partial charge in [0, 0.05) is 0 Å². The average molecular weight is 1720 g/mol. The van der Waals surface area contributed by atoms with Gasteiger partial charge in [-0.05, 0) is 149 Å². The lowest BCUT2D eigenvalue weighted by Gasteiger charge is -2.18. The molecule has 0 fully saturated rings. The number of hydrogen-bond acceptors (Lipinski definition) is 7. The largest absolute Gasteiger partial charge is 0.490 e. The van der Waals surface area contributed by atoms with Crippen molar-refractivity contribution in [2.45, 2.75) is 427 Å². The average Bonchev–Trinajstić information content (AvgIpc) is 0.805. The van der Waals surface area contributed by atoms with Gasteiger partial charge in [0.25, 0.3) is 0 Å². The maximum absolute atomic E-state index is 9.55. The molecular formula is C119H179NO6. The summed E-state index contributed by atoms with van der Waals surface area (Å²) in [5, 5.41) is 9.55. The first-order valence-corrected chi connectivity index (χ1v) is 52.7. The summed E-state index contributed by atoms with van der Waals surface area (Å²) in [6, 6.07) is 43.2. The summed E-state index contributed by atoms with van der Waals surface area (Å²) in [6.45, 7) is 17.8. The normalized spacial score (nSPS) is 11.8. The zero-order valence-electron chi connectivity index (χ0n) is 81.3.